The zero-order valence-electron chi connectivity index (χ0n) is 12.2. The molecule has 120 valence electrons. The number of fused-ring (bicyclic) bond motifs is 1. The molecular formula is C16H16N2O5. The van der Waals surface area contributed by atoms with E-state index in [0.717, 1.165) is 0 Å². The number of ether oxygens (including phenoxy) is 2. The number of aromatic nitrogens is 1. The Hall–Kier alpha value is -2.80. The minimum Gasteiger partial charge on any atom is -0.486 e. The molecule has 23 heavy (non-hydrogen) atoms. The number of nitrogens with one attached hydrogen (secondary N) is 2. The summed E-state index contributed by atoms with van der Waals surface area (Å²) >= 11 is 0. The summed E-state index contributed by atoms with van der Waals surface area (Å²) in [6.07, 6.45) is -1.01. The van der Waals surface area contributed by atoms with E-state index < -0.39 is 6.10 Å². The zero-order chi connectivity index (χ0) is 16.2. The molecule has 2 heterocycles. The van der Waals surface area contributed by atoms with Gasteiger partial charge in [-0.1, -0.05) is 12.1 Å². The Morgan fingerprint density at radius 1 is 1.22 bits per heavy atom. The molecule has 1 aromatic heterocycles. The highest BCUT2D eigenvalue weighted by molar-refractivity contribution is 5.97. The number of carbonyl (C=O) groups excluding carboxylic acids is 1. The average Bonchev–Trinajstić information content (AvgIpc) is 2.59. The number of hydrogen-bond donors (Lipinski definition) is 3. The summed E-state index contributed by atoms with van der Waals surface area (Å²) in [5, 5.41) is 12.7. The lowest BCUT2D eigenvalue weighted by Gasteiger charge is -2.20. The number of H-pyrrole nitrogens is 1. The number of aromatic amines is 1. The van der Waals surface area contributed by atoms with Gasteiger partial charge in [0.2, 0.25) is 5.56 Å². The van der Waals surface area contributed by atoms with Gasteiger partial charge in [-0.25, -0.2) is 0 Å². The summed E-state index contributed by atoms with van der Waals surface area (Å²) < 4.78 is 10.9. The quantitative estimate of drug-likeness (QED) is 0.767. The second kappa shape index (κ2) is 6.53. The first-order valence-corrected chi connectivity index (χ1v) is 7.19. The normalized spacial score (nSPS) is 14.1. The first-order chi connectivity index (χ1) is 11.1. The van der Waals surface area contributed by atoms with E-state index >= 15 is 0 Å². The predicted molar refractivity (Wildman–Crippen MR) is 81.8 cm³/mol. The van der Waals surface area contributed by atoms with Gasteiger partial charge < -0.3 is 24.9 Å². The Morgan fingerprint density at radius 3 is 2.83 bits per heavy atom. The fourth-order valence-electron chi connectivity index (χ4n) is 2.31. The summed E-state index contributed by atoms with van der Waals surface area (Å²) in [7, 11) is 0. The van der Waals surface area contributed by atoms with Gasteiger partial charge in [-0.05, 0) is 18.2 Å². The number of para-hydroxylation sites is 1. The first-order valence-electron chi connectivity index (χ1n) is 7.19. The molecule has 0 fully saturated rings. The predicted octanol–water partition coefficient (Wildman–Crippen LogP) is 0.609. The molecule has 1 aromatic carbocycles. The summed E-state index contributed by atoms with van der Waals surface area (Å²) in [6.45, 7) is 0.784. The van der Waals surface area contributed by atoms with Crippen LogP contribution in [0, 0.1) is 0 Å². The molecule has 0 saturated carbocycles. The lowest BCUT2D eigenvalue weighted by Crippen LogP contribution is -2.30. The van der Waals surface area contributed by atoms with Crippen LogP contribution >= 0.6 is 0 Å². The Balaban J connectivity index is 1.69. The van der Waals surface area contributed by atoms with Crippen molar-refractivity contribution in [3.05, 3.63) is 58.0 Å². The van der Waals surface area contributed by atoms with Crippen molar-refractivity contribution in [1.29, 1.82) is 0 Å². The van der Waals surface area contributed by atoms with E-state index in [1.807, 2.05) is 0 Å². The van der Waals surface area contributed by atoms with E-state index in [0.29, 0.717) is 36.0 Å². The largest absolute Gasteiger partial charge is 0.486 e. The molecule has 0 saturated heterocycles. The maximum Gasteiger partial charge on any atom is 0.255 e. The minimum absolute atomic E-state index is 0.0384. The topological polar surface area (TPSA) is 101 Å². The summed E-state index contributed by atoms with van der Waals surface area (Å²) in [4.78, 5) is 26.0. The Morgan fingerprint density at radius 2 is 2.00 bits per heavy atom. The number of aliphatic hydroxyl groups excluding tert-OH is 1. The van der Waals surface area contributed by atoms with Crippen molar-refractivity contribution in [1.82, 2.24) is 10.3 Å². The maximum absolute atomic E-state index is 12.3. The van der Waals surface area contributed by atoms with Crippen molar-refractivity contribution >= 4 is 5.91 Å². The summed E-state index contributed by atoms with van der Waals surface area (Å²) in [6, 6.07) is 9.53. The molecule has 1 aliphatic rings. The van der Waals surface area contributed by atoms with Crippen molar-refractivity contribution in [2.75, 3.05) is 19.8 Å². The molecular weight excluding hydrogens is 300 g/mol. The van der Waals surface area contributed by atoms with E-state index in [4.69, 9.17) is 9.47 Å². The summed E-state index contributed by atoms with van der Waals surface area (Å²) in [5.74, 6) is 0.542. The van der Waals surface area contributed by atoms with E-state index in [1.54, 1.807) is 24.3 Å². The molecule has 7 nitrogen and oxygen atoms in total. The lowest BCUT2D eigenvalue weighted by atomic mass is 10.1. The highest BCUT2D eigenvalue weighted by Gasteiger charge is 2.21. The molecule has 7 heteroatoms. The van der Waals surface area contributed by atoms with Crippen LogP contribution in [0.4, 0.5) is 0 Å². The van der Waals surface area contributed by atoms with Gasteiger partial charge in [-0.2, -0.15) is 0 Å². The molecule has 1 atom stereocenters. The highest BCUT2D eigenvalue weighted by Crippen LogP contribution is 2.33. The summed E-state index contributed by atoms with van der Waals surface area (Å²) in [5.41, 5.74) is 0.374. The SMILES string of the molecule is O=C(NCC(O)c1cccc(=O)[nH]1)c1cccc2c1OCCO2. The van der Waals surface area contributed by atoms with E-state index in [1.165, 1.54) is 12.1 Å². The number of carbonyl (C=O) groups is 1. The second-order valence-corrected chi connectivity index (χ2v) is 5.03. The fraction of sp³-hybridized carbons (Fsp3) is 0.250. The zero-order valence-corrected chi connectivity index (χ0v) is 12.2. The van der Waals surface area contributed by atoms with Gasteiger partial charge in [0.25, 0.3) is 5.91 Å². The third-order valence-corrected chi connectivity index (χ3v) is 3.42. The van der Waals surface area contributed by atoms with Crippen LogP contribution in [0.25, 0.3) is 0 Å². The maximum atomic E-state index is 12.3. The molecule has 3 N–H and O–H groups in total. The third kappa shape index (κ3) is 3.35. The van der Waals surface area contributed by atoms with Crippen LogP contribution in [0.1, 0.15) is 22.2 Å². The van der Waals surface area contributed by atoms with Crippen LogP contribution < -0.4 is 20.3 Å². The van der Waals surface area contributed by atoms with Gasteiger partial charge in [-0.15, -0.1) is 0 Å². The Labute approximate surface area is 131 Å². The lowest BCUT2D eigenvalue weighted by molar-refractivity contribution is 0.0903. The number of amides is 1. The third-order valence-electron chi connectivity index (χ3n) is 3.42. The highest BCUT2D eigenvalue weighted by atomic mass is 16.6. The van der Waals surface area contributed by atoms with Gasteiger partial charge in [0.1, 0.15) is 19.3 Å². The number of hydrogen-bond acceptors (Lipinski definition) is 5. The smallest absolute Gasteiger partial charge is 0.255 e. The molecule has 0 aliphatic carbocycles. The van der Waals surface area contributed by atoms with Crippen LogP contribution in [0.15, 0.2) is 41.2 Å². The molecule has 0 bridgehead atoms. The Kier molecular flexibility index (Phi) is 4.29. The monoisotopic (exact) mass is 316 g/mol. The standard InChI is InChI=1S/C16H16N2O5/c19-12(11-4-2-6-14(20)18-11)9-17-16(21)10-3-1-5-13-15(10)23-8-7-22-13/h1-6,12,19H,7-9H2,(H,17,21)(H,18,20). The molecule has 1 amide bonds. The second-order valence-electron chi connectivity index (χ2n) is 5.03. The van der Waals surface area contributed by atoms with E-state index in [9.17, 15) is 14.7 Å². The van der Waals surface area contributed by atoms with Gasteiger partial charge in [0.05, 0.1) is 5.56 Å². The Bertz CT molecular complexity index is 771. The van der Waals surface area contributed by atoms with Crippen LogP contribution in [0.3, 0.4) is 0 Å². The average molecular weight is 316 g/mol. The minimum atomic E-state index is -1.01. The molecule has 0 radical (unpaired) electrons. The van der Waals surface area contributed by atoms with E-state index in [-0.39, 0.29) is 18.0 Å². The molecule has 3 rings (SSSR count). The molecule has 0 spiro atoms. The number of aliphatic hydroxyl groups is 1. The number of rotatable bonds is 4. The van der Waals surface area contributed by atoms with Crippen LogP contribution in [0.2, 0.25) is 0 Å². The van der Waals surface area contributed by atoms with Gasteiger partial charge in [0, 0.05) is 18.3 Å². The molecule has 2 aromatic rings. The van der Waals surface area contributed by atoms with Crippen molar-refractivity contribution in [2.45, 2.75) is 6.10 Å². The van der Waals surface area contributed by atoms with Crippen molar-refractivity contribution in [3.63, 3.8) is 0 Å². The van der Waals surface area contributed by atoms with Crippen molar-refractivity contribution in [3.8, 4) is 11.5 Å². The van der Waals surface area contributed by atoms with Crippen LogP contribution in [-0.4, -0.2) is 35.8 Å². The van der Waals surface area contributed by atoms with Gasteiger partial charge in [-0.3, -0.25) is 9.59 Å². The van der Waals surface area contributed by atoms with Crippen molar-refractivity contribution < 1.29 is 19.4 Å². The van der Waals surface area contributed by atoms with Crippen LogP contribution in [0.5, 0.6) is 11.5 Å². The van der Waals surface area contributed by atoms with Crippen LogP contribution in [-0.2, 0) is 0 Å². The number of pyridine rings is 1. The van der Waals surface area contributed by atoms with Gasteiger partial charge >= 0.3 is 0 Å². The fourth-order valence-corrected chi connectivity index (χ4v) is 2.31. The number of benzene rings is 1. The molecule has 1 aliphatic heterocycles. The first kappa shape index (κ1) is 15.1. The van der Waals surface area contributed by atoms with Crippen molar-refractivity contribution in [2.24, 2.45) is 0 Å². The van der Waals surface area contributed by atoms with Gasteiger partial charge in [0.15, 0.2) is 11.5 Å². The van der Waals surface area contributed by atoms with E-state index in [2.05, 4.69) is 10.3 Å². The molecule has 1 unspecified atom stereocenters.